The quantitative estimate of drug-likeness (QED) is 0.456. The molecule has 5 heteroatoms. The molecular weight excluding hydrogens is 234 g/mol. The van der Waals surface area contributed by atoms with Crippen LogP contribution < -0.4 is 0 Å². The molecule has 2 nitrogen and oxygen atoms in total. The minimum absolute atomic E-state index is 0.568. The van der Waals surface area contributed by atoms with Gasteiger partial charge in [-0.05, 0) is 6.08 Å². The molecule has 78 valence electrons. The molecule has 1 rings (SSSR count). The molecule has 1 heterocycles. The molecule has 14 heavy (non-hydrogen) atoms. The van der Waals surface area contributed by atoms with Crippen LogP contribution in [0.2, 0.25) is 0 Å². The average Bonchev–Trinajstić information content (AvgIpc) is 2.73. The summed E-state index contributed by atoms with van der Waals surface area (Å²) in [6.45, 7) is 6.99. The number of rotatable bonds is 5. The van der Waals surface area contributed by atoms with Crippen molar-refractivity contribution in [3.05, 3.63) is 42.4 Å². The molecule has 1 unspecified atom stereocenters. The molecule has 0 aliphatic rings. The predicted octanol–water partition coefficient (Wildman–Crippen LogP) is 2.90. The van der Waals surface area contributed by atoms with Gasteiger partial charge in [0.15, 0.2) is 0 Å². The highest BCUT2D eigenvalue weighted by Crippen LogP contribution is 2.12. The summed E-state index contributed by atoms with van der Waals surface area (Å²) in [7, 11) is 0.591. The second-order valence-corrected chi connectivity index (χ2v) is 6.10. The predicted molar refractivity (Wildman–Crippen MR) is 68.0 cm³/mol. The molecule has 0 saturated carbocycles. The Hall–Kier alpha value is -0.230. The lowest BCUT2D eigenvalue weighted by molar-refractivity contribution is 0.612. The number of aromatic nitrogens is 1. The largest absolute Gasteiger partial charge is 0.605 e. The molecular formula is C9H13NOS3. The van der Waals surface area contributed by atoms with Gasteiger partial charge in [-0.25, -0.2) is 0 Å². The number of hydrogen-bond acceptors (Lipinski definition) is 4. The van der Waals surface area contributed by atoms with Crippen LogP contribution in [-0.2, 0) is 10.2 Å². The SMILES string of the molecule is C=CCS[S+]([O-])CC=C.c1cscn1. The van der Waals surface area contributed by atoms with Gasteiger partial charge in [0.2, 0.25) is 0 Å². The van der Waals surface area contributed by atoms with E-state index in [0.29, 0.717) is 5.75 Å². The molecule has 0 amide bonds. The molecule has 0 aliphatic heterocycles. The normalized spacial score (nSPS) is 10.9. The Labute approximate surface area is 95.7 Å². The van der Waals surface area contributed by atoms with Crippen LogP contribution in [0.3, 0.4) is 0 Å². The Kier molecular flexibility index (Phi) is 10.7. The van der Waals surface area contributed by atoms with Crippen molar-refractivity contribution in [2.24, 2.45) is 0 Å². The first kappa shape index (κ1) is 13.8. The van der Waals surface area contributed by atoms with Crippen LogP contribution in [0.1, 0.15) is 0 Å². The Morgan fingerprint density at radius 1 is 1.50 bits per heavy atom. The third-order valence-corrected chi connectivity index (χ3v) is 4.19. The fourth-order valence-electron chi connectivity index (χ4n) is 0.444. The molecule has 0 aromatic carbocycles. The van der Waals surface area contributed by atoms with Crippen LogP contribution in [0, 0.1) is 0 Å². The van der Waals surface area contributed by atoms with Crippen molar-refractivity contribution in [3.8, 4) is 0 Å². The fraction of sp³-hybridized carbons (Fsp3) is 0.222. The summed E-state index contributed by atoms with van der Waals surface area (Å²) in [5.74, 6) is 1.32. The zero-order chi connectivity index (χ0) is 10.6. The summed E-state index contributed by atoms with van der Waals surface area (Å²) in [5, 5.41) is 1.93. The Bertz CT molecular complexity index is 209. The van der Waals surface area contributed by atoms with E-state index in [-0.39, 0.29) is 0 Å². The van der Waals surface area contributed by atoms with E-state index in [1.54, 1.807) is 35.2 Å². The molecule has 0 aliphatic carbocycles. The third kappa shape index (κ3) is 9.85. The van der Waals surface area contributed by atoms with Gasteiger partial charge in [0.05, 0.1) is 22.1 Å². The van der Waals surface area contributed by atoms with Gasteiger partial charge >= 0.3 is 0 Å². The maximum atomic E-state index is 10.8. The molecule has 0 saturated heterocycles. The van der Waals surface area contributed by atoms with Gasteiger partial charge in [0.1, 0.15) is 5.75 Å². The molecule has 1 aromatic heterocycles. The van der Waals surface area contributed by atoms with E-state index in [2.05, 4.69) is 18.1 Å². The van der Waals surface area contributed by atoms with Crippen LogP contribution in [0.25, 0.3) is 0 Å². The summed E-state index contributed by atoms with van der Waals surface area (Å²) >= 11 is 1.60. The van der Waals surface area contributed by atoms with Gasteiger partial charge in [-0.2, -0.15) is 0 Å². The maximum Gasteiger partial charge on any atom is 0.135 e. The molecule has 0 bridgehead atoms. The fourth-order valence-corrected chi connectivity index (χ4v) is 2.65. The van der Waals surface area contributed by atoms with Crippen molar-refractivity contribution < 1.29 is 4.55 Å². The molecule has 1 aromatic rings. The molecule has 0 radical (unpaired) electrons. The van der Waals surface area contributed by atoms with Gasteiger partial charge in [0.25, 0.3) is 0 Å². The summed E-state index contributed by atoms with van der Waals surface area (Å²) < 4.78 is 10.8. The number of thiazole rings is 1. The third-order valence-electron chi connectivity index (χ3n) is 0.918. The van der Waals surface area contributed by atoms with E-state index in [9.17, 15) is 4.55 Å². The van der Waals surface area contributed by atoms with Gasteiger partial charge in [-0.1, -0.05) is 12.7 Å². The smallest absolute Gasteiger partial charge is 0.135 e. The van der Waals surface area contributed by atoms with E-state index < -0.39 is 10.2 Å². The van der Waals surface area contributed by atoms with Gasteiger partial charge in [-0.3, -0.25) is 4.98 Å². The van der Waals surface area contributed by atoms with Gasteiger partial charge in [-0.15, -0.1) is 17.9 Å². The van der Waals surface area contributed by atoms with E-state index >= 15 is 0 Å². The summed E-state index contributed by atoms with van der Waals surface area (Å²) in [4.78, 5) is 3.74. The van der Waals surface area contributed by atoms with Crippen LogP contribution in [-0.4, -0.2) is 21.0 Å². The number of nitrogens with zero attached hydrogens (tertiary/aromatic N) is 1. The minimum atomic E-state index is -0.793. The summed E-state index contributed by atoms with van der Waals surface area (Å²) in [5.41, 5.74) is 1.79. The van der Waals surface area contributed by atoms with Gasteiger partial charge < -0.3 is 4.55 Å². The first-order chi connectivity index (χ1) is 6.81. The molecule has 0 N–H and O–H groups in total. The molecule has 0 fully saturated rings. The van der Waals surface area contributed by atoms with E-state index in [1.807, 2.05) is 5.38 Å². The van der Waals surface area contributed by atoms with Crippen molar-refractivity contribution in [3.63, 3.8) is 0 Å². The van der Waals surface area contributed by atoms with Crippen LogP contribution in [0.4, 0.5) is 0 Å². The van der Waals surface area contributed by atoms with Crippen molar-refractivity contribution in [1.82, 2.24) is 4.98 Å². The topological polar surface area (TPSA) is 36.0 Å². The first-order valence-corrected chi connectivity index (χ1v) is 7.63. The second kappa shape index (κ2) is 10.8. The van der Waals surface area contributed by atoms with Gasteiger partial charge in [0, 0.05) is 21.8 Å². The van der Waals surface area contributed by atoms with Crippen LogP contribution in [0.5, 0.6) is 0 Å². The van der Waals surface area contributed by atoms with E-state index in [0.717, 1.165) is 5.75 Å². The van der Waals surface area contributed by atoms with E-state index in [1.165, 1.54) is 10.8 Å². The number of hydrogen-bond donors (Lipinski definition) is 0. The second-order valence-electron chi connectivity index (χ2n) is 2.01. The Morgan fingerprint density at radius 3 is 2.64 bits per heavy atom. The minimum Gasteiger partial charge on any atom is -0.605 e. The van der Waals surface area contributed by atoms with Crippen molar-refractivity contribution >= 4 is 32.3 Å². The molecule has 0 spiro atoms. The highest BCUT2D eigenvalue weighted by molar-refractivity contribution is 8.72. The lowest BCUT2D eigenvalue weighted by Crippen LogP contribution is -1.97. The summed E-state index contributed by atoms with van der Waals surface area (Å²) in [6.07, 6.45) is 5.17. The van der Waals surface area contributed by atoms with Crippen LogP contribution >= 0.6 is 22.1 Å². The van der Waals surface area contributed by atoms with Crippen molar-refractivity contribution in [2.45, 2.75) is 0 Å². The zero-order valence-corrected chi connectivity index (χ0v) is 10.2. The summed E-state index contributed by atoms with van der Waals surface area (Å²) in [6, 6.07) is 0. The zero-order valence-electron chi connectivity index (χ0n) is 7.80. The lowest BCUT2D eigenvalue weighted by atomic mass is 10.8. The lowest BCUT2D eigenvalue weighted by Gasteiger charge is -2.02. The Morgan fingerprint density at radius 2 is 2.29 bits per heavy atom. The standard InChI is InChI=1S/C6H10OS2.C3H3NS/c1-3-5-8-9(7)6-4-2;1-2-5-3-4-1/h3-4H,1-2,5-6H2;1-3H. The first-order valence-electron chi connectivity index (χ1n) is 3.86. The Balaban J connectivity index is 0.000000280. The monoisotopic (exact) mass is 247 g/mol. The molecule has 1 atom stereocenters. The average molecular weight is 247 g/mol. The maximum absolute atomic E-state index is 10.8. The highest BCUT2D eigenvalue weighted by atomic mass is 33.1. The highest BCUT2D eigenvalue weighted by Gasteiger charge is 2.01. The van der Waals surface area contributed by atoms with Crippen LogP contribution in [0.15, 0.2) is 42.4 Å². The van der Waals surface area contributed by atoms with Crippen molar-refractivity contribution in [2.75, 3.05) is 11.5 Å². The van der Waals surface area contributed by atoms with E-state index in [4.69, 9.17) is 0 Å². The van der Waals surface area contributed by atoms with Crippen molar-refractivity contribution in [1.29, 1.82) is 0 Å².